The largest absolute Gasteiger partial charge is 0.573 e. The van der Waals surface area contributed by atoms with E-state index in [-0.39, 0.29) is 28.5 Å². The van der Waals surface area contributed by atoms with Crippen molar-refractivity contribution in [2.45, 2.75) is 6.36 Å². The third-order valence-corrected chi connectivity index (χ3v) is 4.71. The summed E-state index contributed by atoms with van der Waals surface area (Å²) in [6.45, 7) is 0. The number of halogens is 3. The number of hydrogen-bond acceptors (Lipinski definition) is 8. The highest BCUT2D eigenvalue weighted by Crippen LogP contribution is 2.33. The van der Waals surface area contributed by atoms with Gasteiger partial charge in [0.1, 0.15) is 5.75 Å². The summed E-state index contributed by atoms with van der Waals surface area (Å²) in [5.74, 6) is 0.0460. The molecule has 0 saturated heterocycles. The van der Waals surface area contributed by atoms with Crippen LogP contribution in [0.3, 0.4) is 0 Å². The predicted octanol–water partition coefficient (Wildman–Crippen LogP) is 3.79. The minimum Gasteiger partial charge on any atom is -0.467 e. The van der Waals surface area contributed by atoms with Crippen molar-refractivity contribution in [1.82, 2.24) is 23.7 Å². The summed E-state index contributed by atoms with van der Waals surface area (Å²) in [6.07, 6.45) is -4.81. The van der Waals surface area contributed by atoms with Crippen molar-refractivity contribution < 1.29 is 27.4 Å². The van der Waals surface area contributed by atoms with Crippen LogP contribution in [0.1, 0.15) is 0 Å². The molecule has 0 unspecified atom stereocenters. The van der Waals surface area contributed by atoms with Gasteiger partial charge in [-0.2, -0.15) is 9.36 Å². The van der Waals surface area contributed by atoms with Gasteiger partial charge in [0, 0.05) is 24.1 Å². The Bertz CT molecular complexity index is 1310. The summed E-state index contributed by atoms with van der Waals surface area (Å²) < 4.78 is 58.8. The van der Waals surface area contributed by atoms with Crippen LogP contribution in [0.4, 0.5) is 13.2 Å². The third kappa shape index (κ3) is 4.42. The van der Waals surface area contributed by atoms with Gasteiger partial charge in [0.2, 0.25) is 0 Å². The minimum atomic E-state index is -4.81. The average Bonchev–Trinajstić information content (AvgIpc) is 3.32. The number of alkyl halides is 3. The lowest BCUT2D eigenvalue weighted by atomic mass is 10.2. The highest BCUT2D eigenvalue weighted by Gasteiger charge is 2.31. The summed E-state index contributed by atoms with van der Waals surface area (Å²) in [5, 5.41) is 4.12. The molecular weight excluding hydrogens is 451 g/mol. The van der Waals surface area contributed by atoms with E-state index in [4.69, 9.17) is 9.47 Å². The Kier molecular flexibility index (Phi) is 5.57. The van der Waals surface area contributed by atoms with Crippen molar-refractivity contribution in [1.29, 1.82) is 0 Å². The Morgan fingerprint density at radius 3 is 2.62 bits per heavy atom. The summed E-state index contributed by atoms with van der Waals surface area (Å²) in [6, 6.07) is 12.0. The maximum absolute atomic E-state index is 12.5. The summed E-state index contributed by atoms with van der Waals surface area (Å²) >= 11 is 0.896. The quantitative estimate of drug-likeness (QED) is 0.428. The van der Waals surface area contributed by atoms with Gasteiger partial charge in [-0.3, -0.25) is 0 Å². The molecule has 0 bridgehead atoms. The van der Waals surface area contributed by atoms with Crippen LogP contribution in [0.15, 0.2) is 53.3 Å². The fraction of sp³-hybridized carbons (Fsp3) is 0.158. The van der Waals surface area contributed by atoms with Crippen molar-refractivity contribution in [3.63, 3.8) is 0 Å². The van der Waals surface area contributed by atoms with Crippen molar-refractivity contribution in [2.24, 2.45) is 7.05 Å². The van der Waals surface area contributed by atoms with E-state index in [1.807, 2.05) is 0 Å². The Morgan fingerprint density at radius 2 is 1.88 bits per heavy atom. The second-order valence-electron chi connectivity index (χ2n) is 6.26. The van der Waals surface area contributed by atoms with Gasteiger partial charge in [-0.25, -0.2) is 14.0 Å². The van der Waals surface area contributed by atoms with Crippen LogP contribution in [0.2, 0.25) is 0 Å². The van der Waals surface area contributed by atoms with E-state index in [9.17, 15) is 18.0 Å². The average molecular weight is 465 g/mol. The first-order valence-electron chi connectivity index (χ1n) is 8.92. The van der Waals surface area contributed by atoms with Gasteiger partial charge < -0.3 is 14.2 Å². The topological polar surface area (TPSA) is 93.3 Å². The lowest BCUT2D eigenvalue weighted by Crippen LogP contribution is -2.22. The first-order valence-corrected chi connectivity index (χ1v) is 9.69. The fourth-order valence-electron chi connectivity index (χ4n) is 2.80. The fourth-order valence-corrected chi connectivity index (χ4v) is 3.37. The highest BCUT2D eigenvalue weighted by atomic mass is 32.1. The van der Waals surface area contributed by atoms with Crippen LogP contribution < -0.4 is 19.9 Å². The Labute approximate surface area is 182 Å². The Balaban J connectivity index is 1.64. The predicted molar refractivity (Wildman–Crippen MR) is 107 cm³/mol. The van der Waals surface area contributed by atoms with Crippen LogP contribution in [-0.2, 0) is 7.05 Å². The van der Waals surface area contributed by atoms with Gasteiger partial charge in [-0.05, 0) is 24.3 Å². The highest BCUT2D eigenvalue weighted by molar-refractivity contribution is 7.07. The number of rotatable bonds is 6. The molecule has 0 aliphatic carbocycles. The number of benzene rings is 2. The number of para-hydroxylation sites is 2. The molecular formula is C19H14F3N5O4S. The summed E-state index contributed by atoms with van der Waals surface area (Å²) in [4.78, 5) is 16.7. The Morgan fingerprint density at radius 1 is 1.09 bits per heavy atom. The maximum Gasteiger partial charge on any atom is 0.573 e. The number of methoxy groups -OCH3 is 1. The van der Waals surface area contributed by atoms with Crippen molar-refractivity contribution in [3.8, 4) is 39.8 Å². The minimum absolute atomic E-state index is 0.0629. The Hall–Kier alpha value is -3.87. The molecule has 0 spiro atoms. The molecule has 13 heteroatoms. The zero-order chi connectivity index (χ0) is 22.9. The standard InChI is InChI=1S/C19H14F3N5O4S/c1-26-18(28)27(16(24-26)29-2)13-8-3-4-9-14(13)30-17-23-15(25-32-17)11-6-5-7-12(10-11)31-19(20,21)22/h3-10H,1-2H3. The van der Waals surface area contributed by atoms with Crippen molar-refractivity contribution in [2.75, 3.05) is 7.11 Å². The smallest absolute Gasteiger partial charge is 0.467 e. The van der Waals surface area contributed by atoms with Crippen LogP contribution in [-0.4, -0.2) is 37.2 Å². The molecule has 4 aromatic rings. The van der Waals surface area contributed by atoms with Gasteiger partial charge in [0.25, 0.3) is 5.19 Å². The lowest BCUT2D eigenvalue weighted by molar-refractivity contribution is -0.274. The van der Waals surface area contributed by atoms with E-state index in [1.54, 1.807) is 30.3 Å². The molecule has 2 heterocycles. The lowest BCUT2D eigenvalue weighted by Gasteiger charge is -2.10. The van der Waals surface area contributed by atoms with Gasteiger partial charge in [-0.1, -0.05) is 24.3 Å². The molecule has 0 radical (unpaired) electrons. The molecule has 9 nitrogen and oxygen atoms in total. The molecule has 0 saturated carbocycles. The zero-order valence-corrected chi connectivity index (χ0v) is 17.3. The molecule has 0 N–H and O–H groups in total. The molecule has 0 atom stereocenters. The van der Waals surface area contributed by atoms with Gasteiger partial charge in [-0.15, -0.1) is 18.3 Å². The molecule has 0 fully saturated rings. The van der Waals surface area contributed by atoms with E-state index in [0.29, 0.717) is 11.3 Å². The number of hydrogen-bond donors (Lipinski definition) is 0. The van der Waals surface area contributed by atoms with E-state index in [1.165, 1.54) is 36.9 Å². The van der Waals surface area contributed by atoms with E-state index < -0.39 is 12.1 Å². The molecule has 2 aromatic heterocycles. The molecule has 2 aromatic carbocycles. The first-order chi connectivity index (χ1) is 15.2. The van der Waals surface area contributed by atoms with Crippen LogP contribution in [0.25, 0.3) is 17.1 Å². The summed E-state index contributed by atoms with van der Waals surface area (Å²) in [7, 11) is 2.87. The van der Waals surface area contributed by atoms with Crippen molar-refractivity contribution >= 4 is 11.5 Å². The molecule has 32 heavy (non-hydrogen) atoms. The van der Waals surface area contributed by atoms with Crippen molar-refractivity contribution in [3.05, 3.63) is 59.0 Å². The third-order valence-electron chi connectivity index (χ3n) is 4.11. The molecule has 4 rings (SSSR count). The number of ether oxygens (including phenoxy) is 3. The normalized spacial score (nSPS) is 11.4. The molecule has 0 aliphatic rings. The number of aryl methyl sites for hydroxylation is 1. The van der Waals surface area contributed by atoms with Gasteiger partial charge >= 0.3 is 18.1 Å². The van der Waals surface area contributed by atoms with E-state index in [0.717, 1.165) is 16.2 Å². The second-order valence-corrected chi connectivity index (χ2v) is 6.97. The molecule has 0 amide bonds. The van der Waals surface area contributed by atoms with E-state index >= 15 is 0 Å². The monoisotopic (exact) mass is 465 g/mol. The molecule has 166 valence electrons. The van der Waals surface area contributed by atoms with Crippen LogP contribution in [0, 0.1) is 0 Å². The van der Waals surface area contributed by atoms with E-state index in [2.05, 4.69) is 19.2 Å². The maximum atomic E-state index is 12.5. The van der Waals surface area contributed by atoms with Gasteiger partial charge in [0.15, 0.2) is 11.6 Å². The van der Waals surface area contributed by atoms with Crippen LogP contribution in [0.5, 0.6) is 22.7 Å². The van der Waals surface area contributed by atoms with Crippen LogP contribution >= 0.6 is 11.5 Å². The molecule has 0 aliphatic heterocycles. The number of nitrogens with zero attached hydrogens (tertiary/aromatic N) is 5. The number of aromatic nitrogens is 5. The summed E-state index contributed by atoms with van der Waals surface area (Å²) in [5.41, 5.74) is 0.230. The second kappa shape index (κ2) is 8.34. The first kappa shape index (κ1) is 21.4. The SMILES string of the molecule is COc1nn(C)c(=O)n1-c1ccccc1Oc1nc(-c2cccc(OC(F)(F)F)c2)ns1. The zero-order valence-electron chi connectivity index (χ0n) is 16.5. The van der Waals surface area contributed by atoms with Gasteiger partial charge in [0.05, 0.1) is 12.8 Å².